The van der Waals surface area contributed by atoms with Gasteiger partial charge in [0.1, 0.15) is 0 Å². The van der Waals surface area contributed by atoms with Crippen molar-refractivity contribution in [2.24, 2.45) is 0 Å². The number of rotatable bonds is 8. The van der Waals surface area contributed by atoms with Crippen molar-refractivity contribution in [3.05, 3.63) is 35.9 Å². The fourth-order valence-corrected chi connectivity index (χ4v) is 3.40. The minimum absolute atomic E-state index is 0.579. The molecule has 1 aromatic carbocycles. The number of aliphatic hydroxyl groups is 1. The van der Waals surface area contributed by atoms with Crippen molar-refractivity contribution in [1.82, 2.24) is 4.90 Å². The number of hydrogen-bond acceptors (Lipinski definition) is 4. The predicted molar refractivity (Wildman–Crippen MR) is 89.7 cm³/mol. The molecule has 2 rings (SSSR count). The lowest BCUT2D eigenvalue weighted by atomic mass is 9.93. The van der Waals surface area contributed by atoms with Crippen molar-refractivity contribution in [1.29, 1.82) is 0 Å². The molecule has 1 aromatic rings. The second kappa shape index (κ2) is 8.79. The molecule has 21 heavy (non-hydrogen) atoms. The molecule has 0 spiro atoms. The second-order valence-electron chi connectivity index (χ2n) is 5.73. The molecular weight excluding hydrogens is 282 g/mol. The third kappa shape index (κ3) is 5.99. The summed E-state index contributed by atoms with van der Waals surface area (Å²) in [6.45, 7) is 6.23. The molecule has 0 aromatic heterocycles. The standard InChI is InChI=1S/C17H27NO2S/c1-2-21-13-10-18(14-16-6-4-3-5-7-16)15-17(19)8-11-20-12-9-17/h3-7,19H,2,8-15H2,1H3. The Kier molecular flexibility index (Phi) is 7.04. The summed E-state index contributed by atoms with van der Waals surface area (Å²) in [5.41, 5.74) is 0.735. The molecule has 0 radical (unpaired) electrons. The van der Waals surface area contributed by atoms with Crippen LogP contribution in [-0.2, 0) is 11.3 Å². The zero-order valence-electron chi connectivity index (χ0n) is 13.0. The van der Waals surface area contributed by atoms with Crippen molar-refractivity contribution in [3.8, 4) is 0 Å². The molecule has 0 saturated carbocycles. The Morgan fingerprint density at radius 2 is 1.95 bits per heavy atom. The molecule has 0 aliphatic carbocycles. The number of thioether (sulfide) groups is 1. The Balaban J connectivity index is 1.94. The maximum Gasteiger partial charge on any atom is 0.0818 e. The summed E-state index contributed by atoms with van der Waals surface area (Å²) >= 11 is 1.96. The van der Waals surface area contributed by atoms with Gasteiger partial charge in [-0.3, -0.25) is 4.90 Å². The molecule has 1 aliphatic heterocycles. The first-order valence-electron chi connectivity index (χ1n) is 7.86. The molecule has 0 bridgehead atoms. The molecule has 0 atom stereocenters. The van der Waals surface area contributed by atoms with Crippen LogP contribution in [0.15, 0.2) is 30.3 Å². The van der Waals surface area contributed by atoms with Gasteiger partial charge in [-0.15, -0.1) is 0 Å². The van der Waals surface area contributed by atoms with E-state index in [2.05, 4.69) is 36.1 Å². The Hall–Kier alpha value is -0.550. The Morgan fingerprint density at radius 1 is 1.24 bits per heavy atom. The van der Waals surface area contributed by atoms with E-state index in [1.807, 2.05) is 17.8 Å². The van der Waals surface area contributed by atoms with Gasteiger partial charge >= 0.3 is 0 Å². The summed E-state index contributed by atoms with van der Waals surface area (Å²) < 4.78 is 5.38. The Bertz CT molecular complexity index is 393. The van der Waals surface area contributed by atoms with Crippen LogP contribution in [-0.4, -0.2) is 53.4 Å². The molecule has 3 nitrogen and oxygen atoms in total. The van der Waals surface area contributed by atoms with Gasteiger partial charge in [0.05, 0.1) is 5.60 Å². The van der Waals surface area contributed by atoms with Crippen molar-refractivity contribution in [2.45, 2.75) is 31.9 Å². The van der Waals surface area contributed by atoms with E-state index in [-0.39, 0.29) is 0 Å². The van der Waals surface area contributed by atoms with E-state index in [4.69, 9.17) is 4.74 Å². The van der Waals surface area contributed by atoms with Crippen LogP contribution in [0.1, 0.15) is 25.3 Å². The molecule has 1 saturated heterocycles. The van der Waals surface area contributed by atoms with Crippen LogP contribution in [0.3, 0.4) is 0 Å². The van der Waals surface area contributed by atoms with E-state index in [1.165, 1.54) is 5.56 Å². The molecule has 1 heterocycles. The number of hydrogen-bond donors (Lipinski definition) is 1. The van der Waals surface area contributed by atoms with Crippen LogP contribution in [0, 0.1) is 0 Å². The quantitative estimate of drug-likeness (QED) is 0.749. The minimum atomic E-state index is -0.579. The van der Waals surface area contributed by atoms with Gasteiger partial charge in [0.25, 0.3) is 0 Å². The maximum atomic E-state index is 10.7. The average molecular weight is 309 g/mol. The molecule has 0 amide bonds. The van der Waals surface area contributed by atoms with E-state index in [0.717, 1.165) is 44.0 Å². The summed E-state index contributed by atoms with van der Waals surface area (Å²) in [6, 6.07) is 10.5. The first-order valence-corrected chi connectivity index (χ1v) is 9.01. The molecule has 4 heteroatoms. The van der Waals surface area contributed by atoms with E-state index >= 15 is 0 Å². The molecule has 118 valence electrons. The Labute approximate surface area is 132 Å². The number of ether oxygens (including phenoxy) is 1. The van der Waals surface area contributed by atoms with Crippen LogP contribution in [0.2, 0.25) is 0 Å². The zero-order valence-corrected chi connectivity index (χ0v) is 13.8. The normalized spacial score (nSPS) is 18.0. The van der Waals surface area contributed by atoms with Gasteiger partial charge < -0.3 is 9.84 Å². The third-order valence-electron chi connectivity index (χ3n) is 3.95. The summed E-state index contributed by atoms with van der Waals surface area (Å²) in [6.07, 6.45) is 1.50. The lowest BCUT2D eigenvalue weighted by Crippen LogP contribution is -2.47. The van der Waals surface area contributed by atoms with Crippen LogP contribution in [0.25, 0.3) is 0 Å². The highest BCUT2D eigenvalue weighted by Gasteiger charge is 2.31. The number of nitrogens with zero attached hydrogens (tertiary/aromatic N) is 1. The third-order valence-corrected chi connectivity index (χ3v) is 4.83. The van der Waals surface area contributed by atoms with Crippen molar-refractivity contribution in [3.63, 3.8) is 0 Å². The minimum Gasteiger partial charge on any atom is -0.388 e. The van der Waals surface area contributed by atoms with Crippen LogP contribution in [0.5, 0.6) is 0 Å². The second-order valence-corrected chi connectivity index (χ2v) is 7.12. The summed E-state index contributed by atoms with van der Waals surface area (Å²) in [7, 11) is 0. The van der Waals surface area contributed by atoms with Gasteiger partial charge in [-0.1, -0.05) is 37.3 Å². The lowest BCUT2D eigenvalue weighted by Gasteiger charge is -2.37. The average Bonchev–Trinajstić information content (AvgIpc) is 2.49. The van der Waals surface area contributed by atoms with E-state index in [0.29, 0.717) is 13.2 Å². The van der Waals surface area contributed by atoms with Gasteiger partial charge in [-0.25, -0.2) is 0 Å². The van der Waals surface area contributed by atoms with E-state index in [1.54, 1.807) is 0 Å². The lowest BCUT2D eigenvalue weighted by molar-refractivity contribution is -0.0802. The van der Waals surface area contributed by atoms with Crippen molar-refractivity contribution < 1.29 is 9.84 Å². The van der Waals surface area contributed by atoms with Crippen molar-refractivity contribution >= 4 is 11.8 Å². The predicted octanol–water partition coefficient (Wildman–Crippen LogP) is 2.78. The first-order chi connectivity index (χ1) is 10.2. The van der Waals surface area contributed by atoms with Crippen LogP contribution >= 0.6 is 11.8 Å². The topological polar surface area (TPSA) is 32.7 Å². The van der Waals surface area contributed by atoms with E-state index in [9.17, 15) is 5.11 Å². The molecule has 1 fully saturated rings. The first kappa shape index (κ1) is 16.8. The molecule has 1 N–H and O–H groups in total. The summed E-state index contributed by atoms with van der Waals surface area (Å²) in [4.78, 5) is 2.39. The highest BCUT2D eigenvalue weighted by molar-refractivity contribution is 7.99. The van der Waals surface area contributed by atoms with Gasteiger partial charge in [-0.2, -0.15) is 11.8 Å². The van der Waals surface area contributed by atoms with Gasteiger partial charge in [0.15, 0.2) is 0 Å². The smallest absolute Gasteiger partial charge is 0.0818 e. The van der Waals surface area contributed by atoms with Crippen LogP contribution < -0.4 is 0 Å². The summed E-state index contributed by atoms with van der Waals surface area (Å²) in [5.74, 6) is 2.27. The maximum absolute atomic E-state index is 10.7. The Morgan fingerprint density at radius 3 is 2.62 bits per heavy atom. The van der Waals surface area contributed by atoms with Crippen LogP contribution in [0.4, 0.5) is 0 Å². The molecule has 0 unspecified atom stereocenters. The van der Waals surface area contributed by atoms with Gasteiger partial charge in [0, 0.05) is 51.4 Å². The fraction of sp³-hybridized carbons (Fsp3) is 0.647. The summed E-state index contributed by atoms with van der Waals surface area (Å²) in [5, 5.41) is 10.7. The van der Waals surface area contributed by atoms with Gasteiger partial charge in [0.2, 0.25) is 0 Å². The molecule has 1 aliphatic rings. The highest BCUT2D eigenvalue weighted by atomic mass is 32.2. The molecular formula is C17H27NO2S. The fourth-order valence-electron chi connectivity index (χ4n) is 2.72. The number of benzene rings is 1. The zero-order chi connectivity index (χ0) is 15.0. The van der Waals surface area contributed by atoms with E-state index < -0.39 is 5.60 Å². The van der Waals surface area contributed by atoms with Gasteiger partial charge in [-0.05, 0) is 11.3 Å². The highest BCUT2D eigenvalue weighted by Crippen LogP contribution is 2.22. The van der Waals surface area contributed by atoms with Crippen molar-refractivity contribution in [2.75, 3.05) is 37.8 Å². The monoisotopic (exact) mass is 309 g/mol. The SMILES string of the molecule is CCSCCN(Cc1ccccc1)CC1(O)CCOCC1. The largest absolute Gasteiger partial charge is 0.388 e.